The van der Waals surface area contributed by atoms with Crippen molar-refractivity contribution in [1.29, 1.82) is 0 Å². The molecule has 1 N–H and O–H groups in total. The number of hydrogen-bond donors (Lipinski definition) is 1. The lowest BCUT2D eigenvalue weighted by Crippen LogP contribution is -2.31. The SMILES string of the molecule is O=C(CCc1ccccc1F)NC[C@H]1CCCO1. The molecule has 2 rings (SSSR count). The van der Waals surface area contributed by atoms with E-state index in [0.717, 1.165) is 19.4 Å². The van der Waals surface area contributed by atoms with Crippen LogP contribution in [0.15, 0.2) is 24.3 Å². The molecule has 1 aromatic carbocycles. The number of rotatable bonds is 5. The molecule has 0 unspecified atom stereocenters. The van der Waals surface area contributed by atoms with E-state index in [-0.39, 0.29) is 17.8 Å². The van der Waals surface area contributed by atoms with Gasteiger partial charge in [0.2, 0.25) is 5.91 Å². The van der Waals surface area contributed by atoms with Crippen molar-refractivity contribution in [2.75, 3.05) is 13.2 Å². The molecule has 0 spiro atoms. The first-order valence-corrected chi connectivity index (χ1v) is 6.37. The molecule has 0 radical (unpaired) electrons. The zero-order chi connectivity index (χ0) is 12.8. The average molecular weight is 251 g/mol. The molecular formula is C14H18FNO2. The third-order valence-corrected chi connectivity index (χ3v) is 3.13. The van der Waals surface area contributed by atoms with Gasteiger partial charge in [-0.25, -0.2) is 4.39 Å². The zero-order valence-corrected chi connectivity index (χ0v) is 10.3. The highest BCUT2D eigenvalue weighted by atomic mass is 19.1. The summed E-state index contributed by atoms with van der Waals surface area (Å²) in [4.78, 5) is 11.6. The van der Waals surface area contributed by atoms with Crippen LogP contribution >= 0.6 is 0 Å². The maximum absolute atomic E-state index is 13.3. The first-order valence-electron chi connectivity index (χ1n) is 6.37. The lowest BCUT2D eigenvalue weighted by molar-refractivity contribution is -0.121. The van der Waals surface area contributed by atoms with E-state index in [1.54, 1.807) is 18.2 Å². The highest BCUT2D eigenvalue weighted by Crippen LogP contribution is 2.11. The molecule has 1 aliphatic rings. The molecule has 1 atom stereocenters. The Labute approximate surface area is 106 Å². The van der Waals surface area contributed by atoms with Crippen molar-refractivity contribution >= 4 is 5.91 Å². The standard InChI is InChI=1S/C14H18FNO2/c15-13-6-2-1-4-11(13)7-8-14(17)16-10-12-5-3-9-18-12/h1-2,4,6,12H,3,5,7-10H2,(H,16,17)/t12-/m1/s1. The summed E-state index contributed by atoms with van der Waals surface area (Å²) in [5, 5.41) is 2.83. The van der Waals surface area contributed by atoms with Crippen LogP contribution in [0.1, 0.15) is 24.8 Å². The van der Waals surface area contributed by atoms with Crippen LogP contribution in [-0.2, 0) is 16.0 Å². The third-order valence-electron chi connectivity index (χ3n) is 3.13. The Bertz CT molecular complexity index is 403. The van der Waals surface area contributed by atoms with Gasteiger partial charge in [0.05, 0.1) is 6.10 Å². The number of amides is 1. The summed E-state index contributed by atoms with van der Waals surface area (Å²) in [6.07, 6.45) is 2.98. The minimum absolute atomic E-state index is 0.0475. The van der Waals surface area contributed by atoms with Gasteiger partial charge >= 0.3 is 0 Å². The van der Waals surface area contributed by atoms with Crippen LogP contribution in [0, 0.1) is 5.82 Å². The Balaban J connectivity index is 1.69. The first kappa shape index (κ1) is 13.0. The highest BCUT2D eigenvalue weighted by molar-refractivity contribution is 5.76. The molecule has 1 saturated heterocycles. The molecule has 0 bridgehead atoms. The average Bonchev–Trinajstić information content (AvgIpc) is 2.88. The Morgan fingerprint density at radius 3 is 3.00 bits per heavy atom. The molecule has 0 aromatic heterocycles. The summed E-state index contributed by atoms with van der Waals surface area (Å²) < 4.78 is 18.7. The quantitative estimate of drug-likeness (QED) is 0.869. The number of halogens is 1. The van der Waals surface area contributed by atoms with Gasteiger partial charge in [0.1, 0.15) is 5.82 Å². The van der Waals surface area contributed by atoms with Crippen molar-refractivity contribution in [3.8, 4) is 0 Å². The molecule has 1 aliphatic heterocycles. The van der Waals surface area contributed by atoms with E-state index >= 15 is 0 Å². The van der Waals surface area contributed by atoms with Crippen molar-refractivity contribution in [3.05, 3.63) is 35.6 Å². The molecule has 98 valence electrons. The van der Waals surface area contributed by atoms with Gasteiger partial charge in [-0.3, -0.25) is 4.79 Å². The largest absolute Gasteiger partial charge is 0.376 e. The number of carbonyl (C=O) groups excluding carboxylic acids is 1. The number of carbonyl (C=O) groups is 1. The maximum Gasteiger partial charge on any atom is 0.220 e. The molecule has 1 aromatic rings. The van der Waals surface area contributed by atoms with Gasteiger partial charge in [0, 0.05) is 19.6 Å². The number of nitrogens with one attached hydrogen (secondary N) is 1. The van der Waals surface area contributed by atoms with E-state index in [4.69, 9.17) is 4.74 Å². The van der Waals surface area contributed by atoms with Crippen molar-refractivity contribution in [1.82, 2.24) is 5.32 Å². The van der Waals surface area contributed by atoms with Crippen LogP contribution in [0.4, 0.5) is 4.39 Å². The van der Waals surface area contributed by atoms with Crippen LogP contribution < -0.4 is 5.32 Å². The molecule has 0 aliphatic carbocycles. The fourth-order valence-corrected chi connectivity index (χ4v) is 2.07. The van der Waals surface area contributed by atoms with E-state index in [2.05, 4.69) is 5.32 Å². The van der Waals surface area contributed by atoms with Gasteiger partial charge in [-0.05, 0) is 30.9 Å². The summed E-state index contributed by atoms with van der Waals surface area (Å²) in [6, 6.07) is 6.56. The van der Waals surface area contributed by atoms with Gasteiger partial charge < -0.3 is 10.1 Å². The predicted octanol–water partition coefficient (Wildman–Crippen LogP) is 2.05. The normalized spacial score (nSPS) is 18.8. The number of benzene rings is 1. The third kappa shape index (κ3) is 3.81. The van der Waals surface area contributed by atoms with Crippen LogP contribution in [0.2, 0.25) is 0 Å². The second-order valence-corrected chi connectivity index (χ2v) is 4.53. The van der Waals surface area contributed by atoms with Gasteiger partial charge in [0.25, 0.3) is 0 Å². The van der Waals surface area contributed by atoms with Crippen molar-refractivity contribution < 1.29 is 13.9 Å². The summed E-state index contributed by atoms with van der Waals surface area (Å²) in [6.45, 7) is 1.35. The van der Waals surface area contributed by atoms with E-state index in [1.807, 2.05) is 0 Å². The fraction of sp³-hybridized carbons (Fsp3) is 0.500. The second kappa shape index (κ2) is 6.50. The summed E-state index contributed by atoms with van der Waals surface area (Å²) in [5.74, 6) is -0.293. The monoisotopic (exact) mass is 251 g/mol. The molecule has 1 fully saturated rings. The summed E-state index contributed by atoms with van der Waals surface area (Å²) in [7, 11) is 0. The molecule has 3 nitrogen and oxygen atoms in total. The molecule has 1 amide bonds. The van der Waals surface area contributed by atoms with Crippen LogP contribution in [0.3, 0.4) is 0 Å². The predicted molar refractivity (Wildman–Crippen MR) is 66.7 cm³/mol. The van der Waals surface area contributed by atoms with Crippen molar-refractivity contribution in [2.24, 2.45) is 0 Å². The van der Waals surface area contributed by atoms with Gasteiger partial charge in [-0.2, -0.15) is 0 Å². The molecular weight excluding hydrogens is 233 g/mol. The van der Waals surface area contributed by atoms with Crippen LogP contribution in [0.5, 0.6) is 0 Å². The number of hydrogen-bond acceptors (Lipinski definition) is 2. The molecule has 1 heterocycles. The minimum atomic E-state index is -0.246. The highest BCUT2D eigenvalue weighted by Gasteiger charge is 2.16. The summed E-state index contributed by atoms with van der Waals surface area (Å²) >= 11 is 0. The van der Waals surface area contributed by atoms with E-state index in [0.29, 0.717) is 24.9 Å². The van der Waals surface area contributed by atoms with E-state index in [1.165, 1.54) is 6.07 Å². The molecule has 4 heteroatoms. The van der Waals surface area contributed by atoms with Gasteiger partial charge in [0.15, 0.2) is 0 Å². The van der Waals surface area contributed by atoms with Gasteiger partial charge in [-0.15, -0.1) is 0 Å². The molecule has 0 saturated carbocycles. The van der Waals surface area contributed by atoms with E-state index in [9.17, 15) is 9.18 Å². The van der Waals surface area contributed by atoms with E-state index < -0.39 is 0 Å². The first-order chi connectivity index (χ1) is 8.75. The minimum Gasteiger partial charge on any atom is -0.376 e. The van der Waals surface area contributed by atoms with Crippen LogP contribution in [-0.4, -0.2) is 25.2 Å². The number of ether oxygens (including phenoxy) is 1. The van der Waals surface area contributed by atoms with Crippen molar-refractivity contribution in [2.45, 2.75) is 31.8 Å². The topological polar surface area (TPSA) is 38.3 Å². The lowest BCUT2D eigenvalue weighted by atomic mass is 10.1. The number of aryl methyl sites for hydroxylation is 1. The molecule has 18 heavy (non-hydrogen) atoms. The van der Waals surface area contributed by atoms with Crippen LogP contribution in [0.25, 0.3) is 0 Å². The lowest BCUT2D eigenvalue weighted by Gasteiger charge is -2.10. The Hall–Kier alpha value is -1.42. The van der Waals surface area contributed by atoms with Gasteiger partial charge in [-0.1, -0.05) is 18.2 Å². The zero-order valence-electron chi connectivity index (χ0n) is 10.3. The van der Waals surface area contributed by atoms with Crippen molar-refractivity contribution in [3.63, 3.8) is 0 Å². The second-order valence-electron chi connectivity index (χ2n) is 4.53. The Morgan fingerprint density at radius 2 is 2.28 bits per heavy atom. The summed E-state index contributed by atoms with van der Waals surface area (Å²) in [5.41, 5.74) is 0.588. The fourth-order valence-electron chi connectivity index (χ4n) is 2.07. The smallest absolute Gasteiger partial charge is 0.220 e. The Kier molecular flexibility index (Phi) is 4.70. The Morgan fingerprint density at radius 1 is 1.44 bits per heavy atom. The maximum atomic E-state index is 13.3.